The van der Waals surface area contributed by atoms with Crippen molar-refractivity contribution < 1.29 is 18.7 Å². The topological polar surface area (TPSA) is 81.4 Å². The molecule has 0 aliphatic heterocycles. The molecular formula is C21H16N2O4S. The van der Waals surface area contributed by atoms with Gasteiger partial charge in [-0.05, 0) is 37.3 Å². The summed E-state index contributed by atoms with van der Waals surface area (Å²) in [6.45, 7) is 1.52. The lowest BCUT2D eigenvalue weighted by molar-refractivity contribution is 0.0994. The van der Waals surface area contributed by atoms with Crippen LogP contribution in [0.1, 0.15) is 27.8 Å². The van der Waals surface area contributed by atoms with E-state index < -0.39 is 0 Å². The summed E-state index contributed by atoms with van der Waals surface area (Å²) in [5.41, 5.74) is 2.20. The highest BCUT2D eigenvalue weighted by molar-refractivity contribution is 7.22. The van der Waals surface area contributed by atoms with E-state index in [1.54, 1.807) is 43.5 Å². The van der Waals surface area contributed by atoms with E-state index in [4.69, 9.17) is 9.15 Å². The number of ketones is 1. The van der Waals surface area contributed by atoms with Crippen molar-refractivity contribution in [3.8, 4) is 17.1 Å². The van der Waals surface area contributed by atoms with Crippen LogP contribution >= 0.6 is 11.3 Å². The van der Waals surface area contributed by atoms with Gasteiger partial charge >= 0.3 is 0 Å². The average molecular weight is 392 g/mol. The monoisotopic (exact) mass is 392 g/mol. The molecule has 0 saturated carbocycles. The summed E-state index contributed by atoms with van der Waals surface area (Å²) < 4.78 is 11.8. The minimum atomic E-state index is -0.377. The van der Waals surface area contributed by atoms with E-state index in [2.05, 4.69) is 10.3 Å². The van der Waals surface area contributed by atoms with Gasteiger partial charge in [-0.3, -0.25) is 14.9 Å². The van der Waals surface area contributed by atoms with Crippen molar-refractivity contribution in [3.05, 3.63) is 65.9 Å². The van der Waals surface area contributed by atoms with Crippen molar-refractivity contribution in [2.24, 2.45) is 0 Å². The molecule has 0 atom stereocenters. The number of benzene rings is 2. The number of hydrogen-bond acceptors (Lipinski definition) is 6. The quantitative estimate of drug-likeness (QED) is 0.482. The second-order valence-electron chi connectivity index (χ2n) is 6.10. The van der Waals surface area contributed by atoms with Crippen molar-refractivity contribution >= 4 is 38.4 Å². The zero-order valence-electron chi connectivity index (χ0n) is 15.2. The van der Waals surface area contributed by atoms with Crippen LogP contribution in [0.4, 0.5) is 5.13 Å². The van der Waals surface area contributed by atoms with Crippen LogP contribution in [-0.4, -0.2) is 23.8 Å². The molecule has 1 amide bonds. The van der Waals surface area contributed by atoms with Crippen LogP contribution in [0, 0.1) is 0 Å². The van der Waals surface area contributed by atoms with Crippen LogP contribution in [0.25, 0.3) is 21.5 Å². The smallest absolute Gasteiger partial charge is 0.293 e. The molecule has 0 radical (unpaired) electrons. The number of amides is 1. The zero-order chi connectivity index (χ0) is 19.7. The third-order valence-corrected chi connectivity index (χ3v) is 5.16. The van der Waals surface area contributed by atoms with Gasteiger partial charge in [-0.2, -0.15) is 0 Å². The number of carbonyl (C=O) groups is 2. The number of Topliss-reactive ketones (excluding diaryl/α,β-unsaturated/α-hetero) is 1. The third kappa shape index (κ3) is 3.52. The highest BCUT2D eigenvalue weighted by atomic mass is 32.1. The predicted octanol–water partition coefficient (Wildman–Crippen LogP) is 5.02. The molecule has 6 nitrogen and oxygen atoms in total. The summed E-state index contributed by atoms with van der Waals surface area (Å²) in [6, 6.07) is 15.9. The van der Waals surface area contributed by atoms with E-state index in [-0.39, 0.29) is 17.5 Å². The van der Waals surface area contributed by atoms with Gasteiger partial charge in [0.25, 0.3) is 5.91 Å². The molecule has 0 unspecified atom stereocenters. The molecule has 0 bridgehead atoms. The molecule has 0 aliphatic rings. The van der Waals surface area contributed by atoms with E-state index in [1.165, 1.54) is 18.3 Å². The average Bonchev–Trinajstić information content (AvgIpc) is 3.34. The molecular weight excluding hydrogens is 376 g/mol. The number of anilines is 1. The number of aromatic nitrogens is 1. The fraction of sp³-hybridized carbons (Fsp3) is 0.0952. The Kier molecular flexibility index (Phi) is 4.67. The Morgan fingerprint density at radius 3 is 2.57 bits per heavy atom. The van der Waals surface area contributed by atoms with Crippen molar-refractivity contribution in [2.75, 3.05) is 12.4 Å². The van der Waals surface area contributed by atoms with E-state index >= 15 is 0 Å². The lowest BCUT2D eigenvalue weighted by atomic mass is 10.1. The van der Waals surface area contributed by atoms with Gasteiger partial charge in [0, 0.05) is 11.1 Å². The summed E-state index contributed by atoms with van der Waals surface area (Å²) >= 11 is 1.36. The molecule has 28 heavy (non-hydrogen) atoms. The third-order valence-electron chi connectivity index (χ3n) is 4.22. The first-order chi connectivity index (χ1) is 13.5. The van der Waals surface area contributed by atoms with Crippen molar-refractivity contribution in [2.45, 2.75) is 6.92 Å². The van der Waals surface area contributed by atoms with Gasteiger partial charge in [0.15, 0.2) is 16.7 Å². The van der Waals surface area contributed by atoms with E-state index in [0.29, 0.717) is 16.5 Å². The highest BCUT2D eigenvalue weighted by Gasteiger charge is 2.15. The summed E-state index contributed by atoms with van der Waals surface area (Å²) in [4.78, 5) is 28.3. The zero-order valence-corrected chi connectivity index (χ0v) is 16.0. The number of nitrogens with one attached hydrogen (secondary N) is 1. The van der Waals surface area contributed by atoms with Crippen LogP contribution in [-0.2, 0) is 0 Å². The molecule has 0 aliphatic carbocycles. The van der Waals surface area contributed by atoms with Crippen LogP contribution in [0.15, 0.2) is 59.0 Å². The number of hydrogen-bond donors (Lipinski definition) is 1. The largest absolute Gasteiger partial charge is 0.497 e. The van der Waals surface area contributed by atoms with Gasteiger partial charge in [0.05, 0.1) is 17.3 Å². The lowest BCUT2D eigenvalue weighted by Gasteiger charge is -2.00. The Morgan fingerprint density at radius 2 is 1.86 bits per heavy atom. The summed E-state index contributed by atoms with van der Waals surface area (Å²) in [5, 5.41) is 3.25. The number of fused-ring (bicyclic) bond motifs is 1. The van der Waals surface area contributed by atoms with E-state index in [9.17, 15) is 9.59 Å². The maximum Gasteiger partial charge on any atom is 0.293 e. The number of rotatable bonds is 5. The molecule has 2 aromatic carbocycles. The number of furan rings is 1. The SMILES string of the molecule is COc1ccc2nc(NC(=O)c3ccc(-c4ccc(C(C)=O)cc4)o3)sc2c1. The summed E-state index contributed by atoms with van der Waals surface area (Å²) in [6.07, 6.45) is 0. The second-order valence-corrected chi connectivity index (χ2v) is 7.13. The molecule has 7 heteroatoms. The van der Waals surface area contributed by atoms with Crippen LogP contribution in [0.5, 0.6) is 5.75 Å². The van der Waals surface area contributed by atoms with Crippen molar-refractivity contribution in [3.63, 3.8) is 0 Å². The Hall–Kier alpha value is -3.45. The van der Waals surface area contributed by atoms with Gasteiger partial charge in [0.2, 0.25) is 0 Å². The van der Waals surface area contributed by atoms with Crippen LogP contribution in [0.3, 0.4) is 0 Å². The van der Waals surface area contributed by atoms with Crippen LogP contribution < -0.4 is 10.1 Å². The van der Waals surface area contributed by atoms with E-state index in [1.807, 2.05) is 18.2 Å². The Labute approximate surface area is 164 Å². The fourth-order valence-electron chi connectivity index (χ4n) is 2.73. The minimum absolute atomic E-state index is 0.000448. The predicted molar refractivity (Wildman–Crippen MR) is 108 cm³/mol. The number of carbonyl (C=O) groups excluding carboxylic acids is 2. The molecule has 2 aromatic heterocycles. The van der Waals surface area contributed by atoms with Gasteiger partial charge in [-0.15, -0.1) is 0 Å². The van der Waals surface area contributed by atoms with E-state index in [0.717, 1.165) is 21.5 Å². The Bertz CT molecular complexity index is 1170. The molecule has 0 fully saturated rings. The van der Waals surface area contributed by atoms with Gasteiger partial charge < -0.3 is 9.15 Å². The standard InChI is InChI=1S/C21H16N2O4S/c1-12(24)13-3-5-14(6-4-13)17-9-10-18(27-17)20(25)23-21-22-16-8-7-15(26-2)11-19(16)28-21/h3-11H,1-2H3,(H,22,23,25). The van der Waals surface area contributed by atoms with Gasteiger partial charge in [0.1, 0.15) is 11.5 Å². The lowest BCUT2D eigenvalue weighted by Crippen LogP contribution is -2.10. The maximum atomic E-state index is 12.5. The minimum Gasteiger partial charge on any atom is -0.497 e. The molecule has 1 N–H and O–H groups in total. The maximum absolute atomic E-state index is 12.5. The van der Waals surface area contributed by atoms with Gasteiger partial charge in [-0.25, -0.2) is 4.98 Å². The normalized spacial score (nSPS) is 10.8. The highest BCUT2D eigenvalue weighted by Crippen LogP contribution is 2.30. The first-order valence-electron chi connectivity index (χ1n) is 8.50. The van der Waals surface area contributed by atoms with Crippen molar-refractivity contribution in [1.82, 2.24) is 4.98 Å². The number of ether oxygens (including phenoxy) is 1. The Balaban J connectivity index is 1.52. The molecule has 4 aromatic rings. The second kappa shape index (κ2) is 7.28. The molecule has 0 saturated heterocycles. The van der Waals surface area contributed by atoms with Gasteiger partial charge in [-0.1, -0.05) is 35.6 Å². The number of thiazole rings is 1. The number of nitrogens with zero attached hydrogens (tertiary/aromatic N) is 1. The summed E-state index contributed by atoms with van der Waals surface area (Å²) in [5.74, 6) is 1.09. The number of methoxy groups -OCH3 is 1. The molecule has 2 heterocycles. The van der Waals surface area contributed by atoms with Crippen molar-refractivity contribution in [1.29, 1.82) is 0 Å². The molecule has 0 spiro atoms. The first-order valence-corrected chi connectivity index (χ1v) is 9.32. The fourth-order valence-corrected chi connectivity index (χ4v) is 3.62. The molecule has 140 valence electrons. The molecule has 4 rings (SSSR count). The first kappa shape index (κ1) is 17.9. The van der Waals surface area contributed by atoms with Crippen LogP contribution in [0.2, 0.25) is 0 Å². The summed E-state index contributed by atoms with van der Waals surface area (Å²) in [7, 11) is 1.60. The Morgan fingerprint density at radius 1 is 1.07 bits per heavy atom.